The van der Waals surface area contributed by atoms with Gasteiger partial charge in [-0.3, -0.25) is 9.59 Å². The minimum atomic E-state index is -0.274. The van der Waals surface area contributed by atoms with Gasteiger partial charge in [0.25, 0.3) is 0 Å². The Morgan fingerprint density at radius 1 is 1.04 bits per heavy atom. The predicted molar refractivity (Wildman–Crippen MR) is 88.7 cm³/mol. The van der Waals surface area contributed by atoms with Gasteiger partial charge >= 0.3 is 0 Å². The Labute approximate surface area is 141 Å². The van der Waals surface area contributed by atoms with Gasteiger partial charge in [-0.2, -0.15) is 0 Å². The molecule has 0 aliphatic heterocycles. The third-order valence-electron chi connectivity index (χ3n) is 6.34. The molecule has 1 aromatic carbocycles. The molecule has 4 nitrogen and oxygen atoms in total. The van der Waals surface area contributed by atoms with Crippen LogP contribution in [0.4, 0.5) is 0 Å². The highest BCUT2D eigenvalue weighted by atomic mass is 16.5. The number of methoxy groups -OCH3 is 2. The molecule has 4 rings (SSSR count). The largest absolute Gasteiger partial charge is 0.497 e. The average molecular weight is 326 g/mol. The Kier molecular flexibility index (Phi) is 3.52. The molecule has 126 valence electrons. The molecular formula is C20H22O4. The van der Waals surface area contributed by atoms with Crippen LogP contribution in [0.2, 0.25) is 0 Å². The highest BCUT2D eigenvalue weighted by molar-refractivity contribution is 6.12. The highest BCUT2D eigenvalue weighted by Gasteiger charge is 2.68. The number of hydrogen-bond donors (Lipinski definition) is 0. The maximum Gasteiger partial charge on any atom is 0.202 e. The number of carbonyl (C=O) groups is 2. The van der Waals surface area contributed by atoms with Crippen LogP contribution in [-0.4, -0.2) is 25.8 Å². The van der Waals surface area contributed by atoms with Crippen LogP contribution in [0.25, 0.3) is 0 Å². The van der Waals surface area contributed by atoms with Crippen LogP contribution in [-0.2, 0) is 19.7 Å². The van der Waals surface area contributed by atoms with Crippen LogP contribution in [0.15, 0.2) is 36.1 Å². The van der Waals surface area contributed by atoms with Crippen molar-refractivity contribution in [1.82, 2.24) is 0 Å². The number of rotatable bonds is 3. The maximum absolute atomic E-state index is 12.9. The highest BCUT2D eigenvalue weighted by Crippen LogP contribution is 2.65. The monoisotopic (exact) mass is 326 g/mol. The Bertz CT molecular complexity index is 718. The molecule has 4 atom stereocenters. The average Bonchev–Trinajstić information content (AvgIpc) is 2.60. The first-order chi connectivity index (χ1) is 11.6. The van der Waals surface area contributed by atoms with Crippen LogP contribution in [0.1, 0.15) is 31.2 Å². The van der Waals surface area contributed by atoms with Crippen molar-refractivity contribution in [1.29, 1.82) is 0 Å². The quantitative estimate of drug-likeness (QED) is 0.857. The number of ketones is 2. The molecule has 1 aromatic rings. The summed E-state index contributed by atoms with van der Waals surface area (Å²) in [6.45, 7) is 0. The fraction of sp³-hybridized carbons (Fsp3) is 0.500. The number of hydrogen-bond acceptors (Lipinski definition) is 4. The van der Waals surface area contributed by atoms with E-state index in [2.05, 4.69) is 12.1 Å². The van der Waals surface area contributed by atoms with Gasteiger partial charge in [-0.25, -0.2) is 0 Å². The smallest absolute Gasteiger partial charge is 0.202 e. The fourth-order valence-electron chi connectivity index (χ4n) is 5.35. The van der Waals surface area contributed by atoms with Gasteiger partial charge in [0.05, 0.1) is 14.2 Å². The van der Waals surface area contributed by atoms with Gasteiger partial charge in [0.1, 0.15) is 5.75 Å². The molecule has 0 amide bonds. The van der Waals surface area contributed by atoms with Crippen LogP contribution >= 0.6 is 0 Å². The van der Waals surface area contributed by atoms with Crippen molar-refractivity contribution in [2.45, 2.75) is 31.1 Å². The van der Waals surface area contributed by atoms with Crippen molar-refractivity contribution in [3.05, 3.63) is 41.7 Å². The van der Waals surface area contributed by atoms with Crippen LogP contribution in [0.3, 0.4) is 0 Å². The van der Waals surface area contributed by atoms with E-state index in [1.54, 1.807) is 7.11 Å². The van der Waals surface area contributed by atoms with Gasteiger partial charge in [0.2, 0.25) is 5.78 Å². The topological polar surface area (TPSA) is 52.6 Å². The van der Waals surface area contributed by atoms with Gasteiger partial charge in [-0.1, -0.05) is 25.0 Å². The zero-order valence-electron chi connectivity index (χ0n) is 14.1. The van der Waals surface area contributed by atoms with Crippen molar-refractivity contribution < 1.29 is 19.1 Å². The van der Waals surface area contributed by atoms with E-state index >= 15 is 0 Å². The summed E-state index contributed by atoms with van der Waals surface area (Å²) < 4.78 is 10.5. The van der Waals surface area contributed by atoms with Gasteiger partial charge in [-0.05, 0) is 36.5 Å². The van der Waals surface area contributed by atoms with E-state index in [-0.39, 0.29) is 40.5 Å². The van der Waals surface area contributed by atoms with Crippen molar-refractivity contribution in [3.8, 4) is 5.75 Å². The zero-order valence-corrected chi connectivity index (χ0v) is 14.1. The Morgan fingerprint density at radius 2 is 1.79 bits per heavy atom. The van der Waals surface area contributed by atoms with E-state index in [0.29, 0.717) is 0 Å². The maximum atomic E-state index is 12.9. The van der Waals surface area contributed by atoms with E-state index < -0.39 is 0 Å². The van der Waals surface area contributed by atoms with Crippen molar-refractivity contribution in [2.75, 3.05) is 14.2 Å². The number of carbonyl (C=O) groups excluding carboxylic acids is 2. The summed E-state index contributed by atoms with van der Waals surface area (Å²) in [5, 5.41) is 0. The van der Waals surface area contributed by atoms with Crippen molar-refractivity contribution in [2.24, 2.45) is 17.8 Å². The molecule has 2 fully saturated rings. The molecule has 3 aliphatic carbocycles. The second-order valence-corrected chi connectivity index (χ2v) is 7.10. The van der Waals surface area contributed by atoms with Gasteiger partial charge in [0.15, 0.2) is 11.5 Å². The SMILES string of the molecule is COC1=CC(=O)[C@H]2[C@@H]3CCCC[C@]3(c3ccc(OC)cc3)[C@H]2C1=O. The minimum Gasteiger partial charge on any atom is -0.497 e. The number of fused-ring (bicyclic) bond motifs is 4. The lowest BCUT2D eigenvalue weighted by Crippen LogP contribution is -2.67. The molecule has 0 spiro atoms. The number of benzene rings is 1. The van der Waals surface area contributed by atoms with E-state index in [4.69, 9.17) is 9.47 Å². The third-order valence-corrected chi connectivity index (χ3v) is 6.34. The van der Waals surface area contributed by atoms with Gasteiger partial charge in [0, 0.05) is 23.3 Å². The van der Waals surface area contributed by atoms with Crippen LogP contribution in [0, 0.1) is 17.8 Å². The van der Waals surface area contributed by atoms with Gasteiger partial charge < -0.3 is 9.47 Å². The van der Waals surface area contributed by atoms with Crippen molar-refractivity contribution >= 4 is 11.6 Å². The lowest BCUT2D eigenvalue weighted by molar-refractivity contribution is -0.160. The molecule has 2 saturated carbocycles. The summed E-state index contributed by atoms with van der Waals surface area (Å²) in [7, 11) is 3.11. The summed E-state index contributed by atoms with van der Waals surface area (Å²) in [5.41, 5.74) is 0.938. The third kappa shape index (κ3) is 1.86. The first kappa shape index (κ1) is 15.4. The fourth-order valence-corrected chi connectivity index (χ4v) is 5.35. The summed E-state index contributed by atoms with van der Waals surface area (Å²) in [4.78, 5) is 25.5. The molecule has 0 N–H and O–H groups in total. The molecule has 24 heavy (non-hydrogen) atoms. The zero-order chi connectivity index (χ0) is 16.9. The van der Waals surface area contributed by atoms with Gasteiger partial charge in [-0.15, -0.1) is 0 Å². The van der Waals surface area contributed by atoms with Crippen LogP contribution < -0.4 is 4.74 Å². The lowest BCUT2D eigenvalue weighted by atomic mass is 9.38. The van der Waals surface area contributed by atoms with Crippen LogP contribution in [0.5, 0.6) is 5.75 Å². The molecule has 0 bridgehead atoms. The first-order valence-corrected chi connectivity index (χ1v) is 8.61. The number of Topliss-reactive ketones (excluding diaryl/α,β-unsaturated/α-hetero) is 1. The second kappa shape index (κ2) is 5.47. The number of allylic oxidation sites excluding steroid dienone is 2. The molecule has 4 heteroatoms. The molecule has 0 aromatic heterocycles. The molecule has 0 heterocycles. The Morgan fingerprint density at radius 3 is 2.46 bits per heavy atom. The van der Waals surface area contributed by atoms with E-state index in [0.717, 1.165) is 37.0 Å². The molecule has 3 aliphatic rings. The summed E-state index contributed by atoms with van der Waals surface area (Å²) in [6.07, 6.45) is 5.62. The van der Waals surface area contributed by atoms with E-state index in [9.17, 15) is 9.59 Å². The molecular weight excluding hydrogens is 304 g/mol. The van der Waals surface area contributed by atoms with Crippen molar-refractivity contribution in [3.63, 3.8) is 0 Å². The standard InChI is InChI=1S/C20H22O4/c1-23-13-8-6-12(7-9-13)20-10-4-3-5-14(20)17-15(21)11-16(24-2)19(22)18(17)20/h6-9,11,14,17-18H,3-5,10H2,1-2H3/t14-,17+,18+,20+/m0/s1. The summed E-state index contributed by atoms with van der Waals surface area (Å²) >= 11 is 0. The minimum absolute atomic E-state index is 0.00364. The first-order valence-electron chi connectivity index (χ1n) is 8.61. The Balaban J connectivity index is 1.81. The molecule has 0 radical (unpaired) electrons. The molecule has 0 saturated heterocycles. The molecule has 0 unspecified atom stereocenters. The van der Waals surface area contributed by atoms with E-state index in [1.807, 2.05) is 12.1 Å². The normalized spacial score (nSPS) is 34.6. The second-order valence-electron chi connectivity index (χ2n) is 7.10. The van der Waals surface area contributed by atoms with E-state index in [1.165, 1.54) is 13.2 Å². The Hall–Kier alpha value is -2.10. The number of ether oxygens (including phenoxy) is 2. The summed E-state index contributed by atoms with van der Waals surface area (Å²) in [6, 6.07) is 8.03. The summed E-state index contributed by atoms with van der Waals surface area (Å²) in [5.74, 6) is 0.904. The predicted octanol–water partition coefficient (Wildman–Crippen LogP) is 3.05. The lowest BCUT2D eigenvalue weighted by Gasteiger charge is -2.63.